The largest absolute Gasteiger partial charge is 0.478 e. The Bertz CT molecular complexity index is 632. The van der Waals surface area contributed by atoms with Gasteiger partial charge in [0, 0.05) is 11.6 Å². The first-order valence-corrected chi connectivity index (χ1v) is 9.03. The zero-order valence-corrected chi connectivity index (χ0v) is 15.6. The maximum absolute atomic E-state index is 11.7. The van der Waals surface area contributed by atoms with Crippen LogP contribution in [0.1, 0.15) is 59.8 Å². The lowest BCUT2D eigenvalue weighted by atomic mass is 9.50. The van der Waals surface area contributed by atoms with Crippen LogP contribution in [0.25, 0.3) is 0 Å². The molecule has 2 aliphatic rings. The van der Waals surface area contributed by atoms with E-state index >= 15 is 0 Å². The average Bonchev–Trinajstić information content (AvgIpc) is 2.81. The highest BCUT2D eigenvalue weighted by Gasteiger charge is 2.56. The van der Waals surface area contributed by atoms with Gasteiger partial charge in [0.2, 0.25) is 0 Å². The van der Waals surface area contributed by atoms with Crippen molar-refractivity contribution in [3.8, 4) is 0 Å². The SMILES string of the molecule is CC1=C(C(=O)O)C[C@@H]2[C@@](C)(CC/C(=C/C(=O)O)CO)[C@H](C)CC[C@@]12C. The van der Waals surface area contributed by atoms with Crippen LogP contribution in [0.3, 0.4) is 0 Å². The first-order valence-electron chi connectivity index (χ1n) is 9.03. The van der Waals surface area contributed by atoms with E-state index in [0.717, 1.165) is 30.9 Å². The number of carboxylic acid groups (broad SMARTS) is 2. The van der Waals surface area contributed by atoms with Gasteiger partial charge in [0.15, 0.2) is 0 Å². The van der Waals surface area contributed by atoms with Crippen LogP contribution in [0.2, 0.25) is 0 Å². The van der Waals surface area contributed by atoms with Crippen molar-refractivity contribution in [2.75, 3.05) is 6.61 Å². The first kappa shape index (κ1) is 19.7. The van der Waals surface area contributed by atoms with Crippen LogP contribution in [0.15, 0.2) is 22.8 Å². The van der Waals surface area contributed by atoms with E-state index in [0.29, 0.717) is 29.9 Å². The number of hydrogen-bond donors (Lipinski definition) is 3. The molecule has 1 fully saturated rings. The minimum absolute atomic E-state index is 0.0851. The highest BCUT2D eigenvalue weighted by Crippen LogP contribution is 2.64. The third kappa shape index (κ3) is 3.39. The molecule has 2 aliphatic carbocycles. The van der Waals surface area contributed by atoms with Gasteiger partial charge in [0.05, 0.1) is 6.61 Å². The number of fused-ring (bicyclic) bond motifs is 1. The van der Waals surface area contributed by atoms with Crippen LogP contribution in [0.4, 0.5) is 0 Å². The van der Waals surface area contributed by atoms with E-state index in [9.17, 15) is 19.8 Å². The number of carbonyl (C=O) groups is 2. The molecule has 25 heavy (non-hydrogen) atoms. The molecule has 0 heterocycles. The second-order valence-corrected chi connectivity index (χ2v) is 8.33. The molecular formula is C20H30O5. The maximum atomic E-state index is 11.7. The second-order valence-electron chi connectivity index (χ2n) is 8.33. The standard InChI is InChI=1S/C20H30O5/c1-12-5-7-20(4)13(2)15(18(24)25)10-16(20)19(12,3)8-6-14(11-21)9-17(22)23/h9,12,16,21H,5-8,10-11H2,1-4H3,(H,22,23)(H,24,25)/b14-9-/t12-,16-,19+,20+/m1/s1. The van der Waals surface area contributed by atoms with Gasteiger partial charge in [-0.05, 0) is 67.3 Å². The van der Waals surface area contributed by atoms with E-state index < -0.39 is 11.9 Å². The fraction of sp³-hybridized carbons (Fsp3) is 0.700. The Labute approximate surface area is 149 Å². The Morgan fingerprint density at radius 2 is 1.92 bits per heavy atom. The molecule has 0 aromatic carbocycles. The number of carboxylic acids is 2. The lowest BCUT2D eigenvalue weighted by Crippen LogP contribution is -2.46. The summed E-state index contributed by atoms with van der Waals surface area (Å²) in [5, 5.41) is 27.9. The van der Waals surface area contributed by atoms with E-state index in [-0.39, 0.29) is 23.4 Å². The molecule has 0 unspecified atom stereocenters. The topological polar surface area (TPSA) is 94.8 Å². The minimum Gasteiger partial charge on any atom is -0.478 e. The molecular weight excluding hydrogens is 320 g/mol. The van der Waals surface area contributed by atoms with E-state index in [1.807, 2.05) is 6.92 Å². The molecule has 0 saturated heterocycles. The summed E-state index contributed by atoms with van der Waals surface area (Å²) in [5.41, 5.74) is 1.89. The summed E-state index contributed by atoms with van der Waals surface area (Å²) in [5.74, 6) is -1.19. The predicted octanol–water partition coefficient (Wildman–Crippen LogP) is 3.63. The van der Waals surface area contributed by atoms with E-state index in [1.54, 1.807) is 0 Å². The van der Waals surface area contributed by atoms with Gasteiger partial charge in [-0.25, -0.2) is 9.59 Å². The normalized spacial score (nSPS) is 35.6. The molecule has 5 heteroatoms. The van der Waals surface area contributed by atoms with Crippen molar-refractivity contribution in [1.82, 2.24) is 0 Å². The molecule has 0 aromatic heterocycles. The summed E-state index contributed by atoms with van der Waals surface area (Å²) in [6.45, 7) is 8.33. The Hall–Kier alpha value is -1.62. The molecule has 0 bridgehead atoms. The minimum atomic E-state index is -1.04. The van der Waals surface area contributed by atoms with Gasteiger partial charge in [0.1, 0.15) is 0 Å². The monoisotopic (exact) mass is 350 g/mol. The summed E-state index contributed by atoms with van der Waals surface area (Å²) in [6.07, 6.45) is 4.98. The van der Waals surface area contributed by atoms with Gasteiger partial charge in [-0.15, -0.1) is 0 Å². The van der Waals surface area contributed by atoms with Crippen molar-refractivity contribution in [3.63, 3.8) is 0 Å². The fourth-order valence-electron chi connectivity index (χ4n) is 5.17. The zero-order chi connectivity index (χ0) is 19.0. The number of hydrogen-bond acceptors (Lipinski definition) is 3. The van der Waals surface area contributed by atoms with E-state index in [4.69, 9.17) is 5.11 Å². The van der Waals surface area contributed by atoms with Crippen molar-refractivity contribution in [1.29, 1.82) is 0 Å². The van der Waals surface area contributed by atoms with Gasteiger partial charge in [-0.2, -0.15) is 0 Å². The van der Waals surface area contributed by atoms with Crippen molar-refractivity contribution in [2.45, 2.75) is 59.8 Å². The summed E-state index contributed by atoms with van der Waals surface area (Å²) in [7, 11) is 0. The Kier molecular flexibility index (Phi) is 5.47. The molecule has 0 aromatic rings. The van der Waals surface area contributed by atoms with Crippen molar-refractivity contribution >= 4 is 11.9 Å². The van der Waals surface area contributed by atoms with Crippen LogP contribution in [-0.4, -0.2) is 33.9 Å². The van der Waals surface area contributed by atoms with E-state index in [2.05, 4.69) is 20.8 Å². The van der Waals surface area contributed by atoms with Gasteiger partial charge in [-0.1, -0.05) is 26.3 Å². The molecule has 0 spiro atoms. The highest BCUT2D eigenvalue weighted by atomic mass is 16.4. The summed E-state index contributed by atoms with van der Waals surface area (Å²) in [6, 6.07) is 0. The summed E-state index contributed by atoms with van der Waals surface area (Å²) in [4.78, 5) is 22.6. The number of aliphatic carboxylic acids is 2. The van der Waals surface area contributed by atoms with Crippen LogP contribution < -0.4 is 0 Å². The van der Waals surface area contributed by atoms with Crippen LogP contribution >= 0.6 is 0 Å². The molecule has 4 atom stereocenters. The summed E-state index contributed by atoms with van der Waals surface area (Å²) >= 11 is 0. The molecule has 2 rings (SSSR count). The van der Waals surface area contributed by atoms with Crippen molar-refractivity contribution in [2.24, 2.45) is 22.7 Å². The maximum Gasteiger partial charge on any atom is 0.331 e. The van der Waals surface area contributed by atoms with Crippen LogP contribution in [0, 0.1) is 22.7 Å². The average molecular weight is 350 g/mol. The molecule has 140 valence electrons. The van der Waals surface area contributed by atoms with E-state index in [1.165, 1.54) is 0 Å². The smallest absolute Gasteiger partial charge is 0.331 e. The van der Waals surface area contributed by atoms with Crippen LogP contribution in [-0.2, 0) is 9.59 Å². The molecule has 0 aliphatic heterocycles. The van der Waals surface area contributed by atoms with Crippen molar-refractivity contribution in [3.05, 3.63) is 22.8 Å². The summed E-state index contributed by atoms with van der Waals surface area (Å²) < 4.78 is 0. The third-order valence-electron chi connectivity index (χ3n) is 7.28. The molecule has 0 radical (unpaired) electrons. The predicted molar refractivity (Wildman–Crippen MR) is 95.1 cm³/mol. The zero-order valence-electron chi connectivity index (χ0n) is 15.6. The lowest BCUT2D eigenvalue weighted by molar-refractivity contribution is -0.133. The Morgan fingerprint density at radius 1 is 1.28 bits per heavy atom. The molecule has 3 N–H and O–H groups in total. The number of rotatable bonds is 6. The van der Waals surface area contributed by atoms with Gasteiger partial charge in [0.25, 0.3) is 0 Å². The lowest BCUT2D eigenvalue weighted by Gasteiger charge is -2.54. The first-order chi connectivity index (χ1) is 11.6. The third-order valence-corrected chi connectivity index (χ3v) is 7.28. The molecule has 1 saturated carbocycles. The number of allylic oxidation sites excluding steroid dienone is 1. The molecule has 5 nitrogen and oxygen atoms in total. The highest BCUT2D eigenvalue weighted by molar-refractivity contribution is 5.88. The molecule has 0 amide bonds. The van der Waals surface area contributed by atoms with Gasteiger partial charge < -0.3 is 15.3 Å². The van der Waals surface area contributed by atoms with Crippen molar-refractivity contribution < 1.29 is 24.9 Å². The Balaban J connectivity index is 2.30. The van der Waals surface area contributed by atoms with Crippen LogP contribution in [0.5, 0.6) is 0 Å². The fourth-order valence-corrected chi connectivity index (χ4v) is 5.17. The quantitative estimate of drug-likeness (QED) is 0.636. The second kappa shape index (κ2) is 6.94. The van der Waals surface area contributed by atoms with Gasteiger partial charge in [-0.3, -0.25) is 0 Å². The number of aliphatic hydroxyl groups is 1. The van der Waals surface area contributed by atoms with Gasteiger partial charge >= 0.3 is 11.9 Å². The number of aliphatic hydroxyl groups excluding tert-OH is 1. The Morgan fingerprint density at radius 3 is 2.44 bits per heavy atom.